The predicted octanol–water partition coefficient (Wildman–Crippen LogP) is -0.174. The van der Waals surface area contributed by atoms with Gasteiger partial charge in [0, 0.05) is 6.20 Å². The van der Waals surface area contributed by atoms with Crippen LogP contribution in [0.15, 0.2) is 17.1 Å². The third-order valence-corrected chi connectivity index (χ3v) is 2.08. The molecule has 80 valence electrons. The summed E-state index contributed by atoms with van der Waals surface area (Å²) < 4.78 is 1.88. The number of fused-ring (bicyclic) bond motifs is 1. The molecule has 0 aromatic carbocycles. The Morgan fingerprint density at radius 2 is 2.33 bits per heavy atom. The van der Waals surface area contributed by atoms with Gasteiger partial charge in [0.2, 0.25) is 5.95 Å². The molecule has 0 unspecified atom stereocenters. The van der Waals surface area contributed by atoms with Crippen LogP contribution in [0.1, 0.15) is 0 Å². The number of nitrogens with two attached hydrogens (primary N) is 1. The lowest BCUT2D eigenvalue weighted by Gasteiger charge is -2.11. The molecule has 6 heteroatoms. The smallest absolute Gasteiger partial charge is 0.261 e. The molecule has 0 atom stereocenters. The Labute approximate surface area is 86.3 Å². The van der Waals surface area contributed by atoms with E-state index in [4.69, 9.17) is 5.73 Å². The van der Waals surface area contributed by atoms with Crippen molar-refractivity contribution in [2.24, 2.45) is 0 Å². The van der Waals surface area contributed by atoms with E-state index in [0.29, 0.717) is 17.7 Å². The quantitative estimate of drug-likeness (QED) is 0.716. The lowest BCUT2D eigenvalue weighted by atomic mass is 10.4. The van der Waals surface area contributed by atoms with E-state index < -0.39 is 0 Å². The molecule has 2 aromatic heterocycles. The second kappa shape index (κ2) is 3.39. The lowest BCUT2D eigenvalue weighted by molar-refractivity contribution is 0.332. The molecule has 0 aliphatic rings. The molecule has 6 nitrogen and oxygen atoms in total. The van der Waals surface area contributed by atoms with E-state index in [0.717, 1.165) is 0 Å². The van der Waals surface area contributed by atoms with Crippen LogP contribution >= 0.6 is 0 Å². The Morgan fingerprint density at radius 3 is 3.00 bits per heavy atom. The Morgan fingerprint density at radius 1 is 1.60 bits per heavy atom. The Hall–Kier alpha value is -1.82. The average Bonchev–Trinajstić information content (AvgIpc) is 2.48. The van der Waals surface area contributed by atoms with Crippen LogP contribution in [-0.4, -0.2) is 33.5 Å². The molecule has 2 rings (SSSR count). The molecular weight excluding hydrogens is 194 g/mol. The first-order valence-corrected chi connectivity index (χ1v) is 4.57. The fourth-order valence-electron chi connectivity index (χ4n) is 1.51. The van der Waals surface area contributed by atoms with Crippen LogP contribution in [0.3, 0.4) is 0 Å². The number of nitrogen functional groups attached to an aromatic ring is 1. The normalized spacial score (nSPS) is 11.4. The summed E-state index contributed by atoms with van der Waals surface area (Å²) in [5.74, 6) is 0.145. The number of rotatable bonds is 2. The first kappa shape index (κ1) is 9.72. The highest BCUT2D eigenvalue weighted by molar-refractivity contribution is 5.75. The molecule has 2 aromatic rings. The largest absolute Gasteiger partial charge is 0.369 e. The molecule has 0 saturated heterocycles. The van der Waals surface area contributed by atoms with Gasteiger partial charge in [0.15, 0.2) is 5.65 Å². The molecule has 0 saturated carbocycles. The fourth-order valence-corrected chi connectivity index (χ4v) is 1.51. The fraction of sp³-hybridized carbons (Fsp3) is 0.333. The van der Waals surface area contributed by atoms with Crippen LogP contribution in [-0.2, 0) is 6.67 Å². The molecule has 0 bridgehead atoms. The predicted molar refractivity (Wildman–Crippen MR) is 58.5 cm³/mol. The van der Waals surface area contributed by atoms with Gasteiger partial charge in [0.25, 0.3) is 5.56 Å². The molecule has 0 aliphatic carbocycles. The maximum absolute atomic E-state index is 11.5. The zero-order valence-corrected chi connectivity index (χ0v) is 8.69. The number of H-pyrrole nitrogens is 1. The van der Waals surface area contributed by atoms with Crippen molar-refractivity contribution in [1.29, 1.82) is 0 Å². The van der Waals surface area contributed by atoms with E-state index in [2.05, 4.69) is 9.97 Å². The minimum atomic E-state index is -0.199. The summed E-state index contributed by atoms with van der Waals surface area (Å²) in [6.45, 7) is 0.666. The number of hydrogen-bond acceptors (Lipinski definition) is 4. The van der Waals surface area contributed by atoms with Crippen LogP contribution in [0.4, 0.5) is 5.95 Å². The Kier molecular flexibility index (Phi) is 2.20. The molecule has 0 spiro atoms. The van der Waals surface area contributed by atoms with Gasteiger partial charge in [-0.2, -0.15) is 4.98 Å². The number of nitrogens with zero attached hydrogens (tertiary/aromatic N) is 3. The van der Waals surface area contributed by atoms with Gasteiger partial charge in [0.1, 0.15) is 0 Å². The standard InChI is InChI=1S/C9H13N5O/c1-13(2)5-14-4-3-6-7(14)11-9(10)12-8(6)15/h3-4H,5H2,1-2H3,(H3,10,11,12,15). The number of aromatic amines is 1. The number of anilines is 1. The van der Waals surface area contributed by atoms with Crippen molar-refractivity contribution in [3.8, 4) is 0 Å². The molecule has 0 fully saturated rings. The van der Waals surface area contributed by atoms with E-state index in [9.17, 15) is 4.79 Å². The highest BCUT2D eigenvalue weighted by Crippen LogP contribution is 2.09. The molecule has 2 heterocycles. The van der Waals surface area contributed by atoms with Gasteiger partial charge in [-0.1, -0.05) is 0 Å². The average molecular weight is 207 g/mol. The maximum Gasteiger partial charge on any atom is 0.261 e. The summed E-state index contributed by atoms with van der Waals surface area (Å²) in [4.78, 5) is 20.1. The van der Waals surface area contributed by atoms with Crippen molar-refractivity contribution >= 4 is 17.0 Å². The molecule has 0 radical (unpaired) electrons. The van der Waals surface area contributed by atoms with E-state index in [1.807, 2.05) is 29.8 Å². The molecule has 0 aliphatic heterocycles. The van der Waals surface area contributed by atoms with Gasteiger partial charge < -0.3 is 10.3 Å². The minimum Gasteiger partial charge on any atom is -0.369 e. The van der Waals surface area contributed by atoms with Crippen molar-refractivity contribution in [1.82, 2.24) is 19.4 Å². The highest BCUT2D eigenvalue weighted by atomic mass is 16.1. The van der Waals surface area contributed by atoms with Crippen LogP contribution in [0, 0.1) is 0 Å². The van der Waals surface area contributed by atoms with Crippen LogP contribution in [0.5, 0.6) is 0 Å². The SMILES string of the molecule is CN(C)Cn1ccc2c(=O)[nH]c(N)nc21. The topological polar surface area (TPSA) is 79.9 Å². The third-order valence-electron chi connectivity index (χ3n) is 2.08. The van der Waals surface area contributed by atoms with Crippen molar-refractivity contribution in [2.45, 2.75) is 6.67 Å². The van der Waals surface area contributed by atoms with Gasteiger partial charge >= 0.3 is 0 Å². The number of aromatic nitrogens is 3. The van der Waals surface area contributed by atoms with Crippen molar-refractivity contribution < 1.29 is 0 Å². The molecule has 15 heavy (non-hydrogen) atoms. The van der Waals surface area contributed by atoms with Gasteiger partial charge in [-0.05, 0) is 20.2 Å². The zero-order valence-electron chi connectivity index (χ0n) is 8.69. The van der Waals surface area contributed by atoms with E-state index in [-0.39, 0.29) is 11.5 Å². The van der Waals surface area contributed by atoms with E-state index in [1.54, 1.807) is 6.07 Å². The zero-order chi connectivity index (χ0) is 11.0. The Bertz CT molecular complexity index is 539. The second-order valence-corrected chi connectivity index (χ2v) is 3.70. The second-order valence-electron chi connectivity index (χ2n) is 3.70. The summed E-state index contributed by atoms with van der Waals surface area (Å²) in [5.41, 5.74) is 5.91. The van der Waals surface area contributed by atoms with Crippen LogP contribution in [0.25, 0.3) is 11.0 Å². The highest BCUT2D eigenvalue weighted by Gasteiger charge is 2.07. The van der Waals surface area contributed by atoms with Crippen LogP contribution in [0.2, 0.25) is 0 Å². The van der Waals surface area contributed by atoms with Crippen LogP contribution < -0.4 is 11.3 Å². The summed E-state index contributed by atoms with van der Waals surface area (Å²) >= 11 is 0. The monoisotopic (exact) mass is 207 g/mol. The Balaban J connectivity index is 2.63. The summed E-state index contributed by atoms with van der Waals surface area (Å²) in [6, 6.07) is 1.74. The van der Waals surface area contributed by atoms with Gasteiger partial charge in [-0.25, -0.2) is 0 Å². The van der Waals surface area contributed by atoms with E-state index >= 15 is 0 Å². The van der Waals surface area contributed by atoms with E-state index in [1.165, 1.54) is 0 Å². The molecular formula is C9H13N5O. The first-order valence-electron chi connectivity index (χ1n) is 4.57. The maximum atomic E-state index is 11.5. The molecule has 3 N–H and O–H groups in total. The first-order chi connectivity index (χ1) is 7.08. The molecule has 0 amide bonds. The van der Waals surface area contributed by atoms with Crippen molar-refractivity contribution in [2.75, 3.05) is 19.8 Å². The van der Waals surface area contributed by atoms with Gasteiger partial charge in [0.05, 0.1) is 12.1 Å². The summed E-state index contributed by atoms with van der Waals surface area (Å²) in [5, 5.41) is 0.561. The lowest BCUT2D eigenvalue weighted by Crippen LogP contribution is -2.18. The van der Waals surface area contributed by atoms with Crippen molar-refractivity contribution in [3.63, 3.8) is 0 Å². The third kappa shape index (κ3) is 1.71. The summed E-state index contributed by atoms with van der Waals surface area (Å²) in [6.07, 6.45) is 1.83. The van der Waals surface area contributed by atoms with Gasteiger partial charge in [-0.3, -0.25) is 14.7 Å². The minimum absolute atomic E-state index is 0.145. The van der Waals surface area contributed by atoms with Gasteiger partial charge in [-0.15, -0.1) is 0 Å². The number of hydrogen-bond donors (Lipinski definition) is 2. The van der Waals surface area contributed by atoms with Crippen molar-refractivity contribution in [3.05, 3.63) is 22.6 Å². The number of nitrogens with one attached hydrogen (secondary N) is 1. The summed E-state index contributed by atoms with van der Waals surface area (Å²) in [7, 11) is 3.89.